The Morgan fingerprint density at radius 2 is 1.84 bits per heavy atom. The van der Waals surface area contributed by atoms with Crippen LogP contribution < -0.4 is 4.74 Å². The summed E-state index contributed by atoms with van der Waals surface area (Å²) in [6.45, 7) is 15.0. The predicted octanol–water partition coefficient (Wildman–Crippen LogP) is 7.32. The molecule has 2 aromatic carbocycles. The molecular weight excluding hydrogens is 590 g/mol. The first-order valence-electron chi connectivity index (χ1n) is 15.6. The van der Waals surface area contributed by atoms with Crippen LogP contribution in [0, 0.1) is 12.8 Å². The fraction of sp³-hybridized carbons (Fsp3) is 0.455. The first-order chi connectivity index (χ1) is 21.1. The molecule has 3 aromatic heterocycles. The minimum absolute atomic E-state index is 0.223. The third-order valence-corrected chi connectivity index (χ3v) is 12.4. The largest absolute Gasteiger partial charge is 0.456 e. The van der Waals surface area contributed by atoms with Gasteiger partial charge in [0, 0.05) is 36.1 Å². The Morgan fingerprint density at radius 3 is 2.59 bits per heavy atom. The average Bonchev–Trinajstić information content (AvgIpc) is 3.54. The molecule has 4 heterocycles. The smallest absolute Gasteiger partial charge is 0.148 e. The lowest BCUT2D eigenvalue weighted by molar-refractivity contribution is 0.0248. The fourth-order valence-electron chi connectivity index (χ4n) is 5.97. The maximum Gasteiger partial charge on any atom is 0.148 e. The first kappa shape index (κ1) is 29.4. The zero-order chi connectivity index (χ0) is 30.6. The van der Waals surface area contributed by atoms with Crippen molar-refractivity contribution in [3.63, 3.8) is 0 Å². The van der Waals surface area contributed by atoms with E-state index in [-0.39, 0.29) is 5.73 Å². The summed E-state index contributed by atoms with van der Waals surface area (Å²) in [5.74, 6) is 2.77. The van der Waals surface area contributed by atoms with Gasteiger partial charge in [0.2, 0.25) is 0 Å². The van der Waals surface area contributed by atoms with Gasteiger partial charge in [-0.15, -0.1) is 0 Å². The van der Waals surface area contributed by atoms with Crippen molar-refractivity contribution in [1.29, 1.82) is 0 Å². The van der Waals surface area contributed by atoms with E-state index in [9.17, 15) is 0 Å². The van der Waals surface area contributed by atoms with Crippen LogP contribution in [-0.2, 0) is 18.0 Å². The van der Waals surface area contributed by atoms with Gasteiger partial charge in [0.15, 0.2) is 0 Å². The molecule has 0 bridgehead atoms. The molecule has 1 atom stereocenters. The van der Waals surface area contributed by atoms with Crippen LogP contribution in [-0.4, -0.2) is 67.1 Å². The second kappa shape index (κ2) is 11.6. The van der Waals surface area contributed by atoms with Crippen LogP contribution in [0.25, 0.3) is 33.3 Å². The van der Waals surface area contributed by atoms with Gasteiger partial charge in [-0.1, -0.05) is 31.2 Å². The number of nitrogens with zero attached hydrogens (tertiary/aromatic N) is 7. The van der Waals surface area contributed by atoms with Gasteiger partial charge in [-0.25, -0.2) is 9.97 Å². The lowest BCUT2D eigenvalue weighted by Crippen LogP contribution is -2.51. The summed E-state index contributed by atoms with van der Waals surface area (Å²) >= 11 is 6.90. The number of hydrogen-bond acceptors (Lipinski definition) is 7. The van der Waals surface area contributed by atoms with E-state index in [0.29, 0.717) is 40.2 Å². The van der Waals surface area contributed by atoms with Crippen molar-refractivity contribution >= 4 is 41.7 Å². The number of hydrogen-bond donors (Lipinski definition) is 0. The highest BCUT2D eigenvalue weighted by Gasteiger charge is 2.36. The van der Waals surface area contributed by atoms with Crippen molar-refractivity contribution in [3.8, 4) is 22.8 Å². The summed E-state index contributed by atoms with van der Waals surface area (Å²) in [7, 11) is -1.42. The van der Waals surface area contributed by atoms with Gasteiger partial charge in [-0.2, -0.15) is 5.10 Å². The number of rotatable bonds is 10. The molecule has 2 fully saturated rings. The number of aryl methyl sites for hydroxylation is 1. The Bertz CT molecular complexity index is 1820. The van der Waals surface area contributed by atoms with Crippen LogP contribution in [0.15, 0.2) is 48.9 Å². The molecule has 9 nitrogen and oxygen atoms in total. The number of halogens is 1. The van der Waals surface area contributed by atoms with E-state index in [1.54, 1.807) is 6.20 Å². The Kier molecular flexibility index (Phi) is 7.72. The molecule has 1 aliphatic carbocycles. The van der Waals surface area contributed by atoms with Crippen LogP contribution in [0.4, 0.5) is 0 Å². The number of imidazole rings is 1. The number of aromatic nitrogens is 6. The SMILES string of the molecule is Cc1nc2ccc(Oc3ccc4ncc(-c5cnn(CC6CC(N7CCC7)C6)c5)nc4c3Cl)cc2n1COC(C)[Si](C)(C)C. The maximum atomic E-state index is 6.90. The van der Waals surface area contributed by atoms with Crippen LogP contribution in [0.5, 0.6) is 11.5 Å². The molecule has 5 aromatic rings. The highest BCUT2D eigenvalue weighted by molar-refractivity contribution is 6.77. The fourth-order valence-corrected chi connectivity index (χ4v) is 6.79. The quantitative estimate of drug-likeness (QED) is 0.150. The Hall–Kier alpha value is -3.31. The number of likely N-dealkylation sites (tertiary alicyclic amines) is 1. The monoisotopic (exact) mass is 629 g/mol. The molecule has 0 amide bonds. The molecule has 1 aliphatic heterocycles. The van der Waals surface area contributed by atoms with Crippen molar-refractivity contribution in [1.82, 2.24) is 34.2 Å². The van der Waals surface area contributed by atoms with E-state index in [4.69, 9.17) is 31.0 Å². The Morgan fingerprint density at radius 1 is 1.05 bits per heavy atom. The van der Waals surface area contributed by atoms with E-state index in [2.05, 4.69) is 52.3 Å². The third-order valence-electron chi connectivity index (χ3n) is 9.42. The average molecular weight is 630 g/mol. The van der Waals surface area contributed by atoms with Gasteiger partial charge in [-0.05, 0) is 76.4 Å². The van der Waals surface area contributed by atoms with E-state index < -0.39 is 8.07 Å². The van der Waals surface area contributed by atoms with Crippen LogP contribution in [0.2, 0.25) is 24.7 Å². The maximum absolute atomic E-state index is 6.90. The van der Waals surface area contributed by atoms with Gasteiger partial charge >= 0.3 is 0 Å². The van der Waals surface area contributed by atoms with Crippen LogP contribution in [0.3, 0.4) is 0 Å². The molecular formula is C33H40ClN7O2Si. The molecule has 11 heteroatoms. The minimum Gasteiger partial charge on any atom is -0.456 e. The molecule has 0 radical (unpaired) electrons. The molecule has 230 valence electrons. The van der Waals surface area contributed by atoms with Gasteiger partial charge < -0.3 is 18.9 Å². The van der Waals surface area contributed by atoms with Gasteiger partial charge in [-0.3, -0.25) is 9.67 Å². The molecule has 1 saturated heterocycles. The van der Waals surface area contributed by atoms with Crippen molar-refractivity contribution in [2.75, 3.05) is 13.1 Å². The highest BCUT2D eigenvalue weighted by Crippen LogP contribution is 2.37. The number of fused-ring (bicyclic) bond motifs is 2. The zero-order valence-electron chi connectivity index (χ0n) is 26.1. The first-order valence-corrected chi connectivity index (χ1v) is 19.6. The Labute approximate surface area is 264 Å². The second-order valence-electron chi connectivity index (χ2n) is 13.5. The van der Waals surface area contributed by atoms with Gasteiger partial charge in [0.25, 0.3) is 0 Å². The minimum atomic E-state index is -1.42. The summed E-state index contributed by atoms with van der Waals surface area (Å²) in [6, 6.07) is 10.4. The molecule has 7 rings (SSSR count). The van der Waals surface area contributed by atoms with Crippen molar-refractivity contribution in [2.24, 2.45) is 5.92 Å². The molecule has 0 spiro atoms. The van der Waals surface area contributed by atoms with Crippen molar-refractivity contribution in [2.45, 2.75) is 77.8 Å². The normalized spacial score (nSPS) is 19.7. The van der Waals surface area contributed by atoms with E-state index >= 15 is 0 Å². The standard InChI is InChI=1S/C33H40ClN7O2Si/c1-21-37-27-8-7-26(15-30(27)41(21)20-42-22(2)44(3,4)5)43-31-10-9-28-33(32(31)34)38-29(17-35-28)24-16-36-40(19-24)18-23-13-25(14-23)39-11-6-12-39/h7-10,15-17,19,22-23,25H,6,11-14,18,20H2,1-5H3. The van der Waals surface area contributed by atoms with Crippen molar-refractivity contribution < 1.29 is 9.47 Å². The molecule has 2 aliphatic rings. The van der Waals surface area contributed by atoms with Crippen LogP contribution in [0.1, 0.15) is 32.0 Å². The highest BCUT2D eigenvalue weighted by atomic mass is 35.5. The summed E-state index contributed by atoms with van der Waals surface area (Å²) in [5.41, 5.74) is 5.05. The number of benzene rings is 2. The lowest BCUT2D eigenvalue weighted by atomic mass is 9.78. The second-order valence-corrected chi connectivity index (χ2v) is 19.4. The summed E-state index contributed by atoms with van der Waals surface area (Å²) < 4.78 is 16.7. The van der Waals surface area contributed by atoms with E-state index in [1.807, 2.05) is 48.1 Å². The van der Waals surface area contributed by atoms with E-state index in [1.165, 1.54) is 32.4 Å². The predicted molar refractivity (Wildman–Crippen MR) is 177 cm³/mol. The zero-order valence-corrected chi connectivity index (χ0v) is 27.9. The summed E-state index contributed by atoms with van der Waals surface area (Å²) in [6.07, 6.45) is 9.60. The summed E-state index contributed by atoms with van der Waals surface area (Å²) in [5, 5.41) is 5.05. The van der Waals surface area contributed by atoms with Gasteiger partial charge in [0.05, 0.1) is 42.7 Å². The van der Waals surface area contributed by atoms with Crippen molar-refractivity contribution in [3.05, 3.63) is 59.8 Å². The van der Waals surface area contributed by atoms with Crippen LogP contribution >= 0.6 is 11.6 Å². The molecule has 1 saturated carbocycles. The Balaban J connectivity index is 1.08. The summed E-state index contributed by atoms with van der Waals surface area (Å²) in [4.78, 5) is 16.9. The number of ether oxygens (including phenoxy) is 2. The third kappa shape index (κ3) is 5.76. The topological polar surface area (TPSA) is 83.1 Å². The molecule has 44 heavy (non-hydrogen) atoms. The molecule has 1 unspecified atom stereocenters. The molecule has 0 N–H and O–H groups in total. The van der Waals surface area contributed by atoms with Gasteiger partial charge in [0.1, 0.15) is 34.6 Å². The lowest BCUT2D eigenvalue weighted by Gasteiger charge is -2.47. The van der Waals surface area contributed by atoms with E-state index in [0.717, 1.165) is 40.7 Å².